The van der Waals surface area contributed by atoms with Gasteiger partial charge in [0.15, 0.2) is 30.9 Å². The number of carbonyl (C=O) groups excluding carboxylic acids is 6. The minimum absolute atomic E-state index is 0.0262. The number of aliphatic hydroxyl groups excluding tert-OH is 4. The number of ether oxygens (including phenoxy) is 10. The van der Waals surface area contributed by atoms with Gasteiger partial charge in [-0.15, -0.1) is 0 Å². The average Bonchev–Trinajstić information content (AvgIpc) is 0.727. The van der Waals surface area contributed by atoms with Crippen molar-refractivity contribution in [2.75, 3.05) is 59.3 Å². The SMILES string of the molecule is CCOC(=O)[C@@H](C)Oc1c(Cl)cccc1/C=C/C#N.CCOC(=O)[C@@H](C)Oc1c(Cl)cccc1C=O.CCOC(=O)[C@@H](C)Oc1c(Cl)cccc1CCC#N.CCOC(=O)[C@H](C)O.C[C@H](CO)Oc1c(Cl)cccc1CCC#N.C[C@H](CO)Oc1c(Cl)cccc1CCCN.C[C@H](CO)Oc1c(Cl)cccc1CCCN.O=Cc1cccc(Cl)c1O.Oc1ccccc1Cl. The van der Waals surface area contributed by atoms with Crippen molar-refractivity contribution in [3.05, 3.63) is 237 Å². The summed E-state index contributed by atoms with van der Waals surface area (Å²) >= 11 is 47.1. The smallest absolute Gasteiger partial charge is 0.347 e. The van der Waals surface area contributed by atoms with Crippen molar-refractivity contribution in [3.63, 3.8) is 0 Å². The molecule has 0 bridgehead atoms. The van der Waals surface area contributed by atoms with Crippen LogP contribution in [0.5, 0.6) is 46.0 Å². The highest BCUT2D eigenvalue weighted by molar-refractivity contribution is 6.34. The summed E-state index contributed by atoms with van der Waals surface area (Å²) < 4.78 is 52.1. The van der Waals surface area contributed by atoms with Gasteiger partial charge in [0.2, 0.25) is 0 Å². The van der Waals surface area contributed by atoms with Gasteiger partial charge in [-0.3, -0.25) is 9.59 Å². The van der Waals surface area contributed by atoms with Crippen LogP contribution in [-0.2, 0) is 63.8 Å². The van der Waals surface area contributed by atoms with Crippen molar-refractivity contribution in [1.82, 2.24) is 0 Å². The van der Waals surface area contributed by atoms with E-state index in [9.17, 15) is 28.8 Å². The molecule has 0 aromatic heterocycles. The first-order chi connectivity index (χ1) is 61.6. The minimum Gasteiger partial charge on any atom is -0.506 e. The van der Waals surface area contributed by atoms with E-state index >= 15 is 0 Å². The Morgan fingerprint density at radius 1 is 0.380 bits per heavy atom. The van der Waals surface area contributed by atoms with Crippen LogP contribution in [0.4, 0.5) is 0 Å². The molecular formula is C94H113Cl8N5O22. The van der Waals surface area contributed by atoms with Gasteiger partial charge in [0, 0.05) is 24.5 Å². The molecule has 27 nitrogen and oxygen atoms in total. The average molecular weight is 1950 g/mol. The third-order valence-electron chi connectivity index (χ3n) is 16.1. The number of aliphatic hydroxyl groups is 4. The number of rotatable bonds is 36. The number of nitrogens with zero attached hydrogens (tertiary/aromatic N) is 3. The number of allylic oxidation sites excluding steroid dienone is 1. The Labute approximate surface area is 794 Å². The van der Waals surface area contributed by atoms with E-state index in [1.807, 2.05) is 48.5 Å². The van der Waals surface area contributed by atoms with Gasteiger partial charge < -0.3 is 89.5 Å². The number of carbonyl (C=O) groups is 6. The summed E-state index contributed by atoms with van der Waals surface area (Å²) in [6.45, 7) is 20.7. The Morgan fingerprint density at radius 2 is 0.667 bits per heavy atom. The topological polar surface area (TPSA) is 440 Å². The fraction of sp³-hybridized carbons (Fsp3) is 0.372. The molecule has 0 aliphatic rings. The zero-order valence-corrected chi connectivity index (χ0v) is 79.6. The van der Waals surface area contributed by atoms with Crippen LogP contribution in [0.15, 0.2) is 158 Å². The number of nitriles is 3. The molecule has 0 heterocycles. The van der Waals surface area contributed by atoms with Gasteiger partial charge in [0.05, 0.1) is 116 Å². The van der Waals surface area contributed by atoms with Crippen LogP contribution in [-0.4, -0.2) is 169 Å². The van der Waals surface area contributed by atoms with Gasteiger partial charge in [-0.2, -0.15) is 15.8 Å². The molecule has 0 aliphatic heterocycles. The Bertz CT molecular complexity index is 4730. The molecule has 7 atom stereocenters. The molecule has 702 valence electrons. The van der Waals surface area contributed by atoms with Gasteiger partial charge in [0.1, 0.15) is 70.4 Å². The summed E-state index contributed by atoms with van der Waals surface area (Å²) in [6.07, 6.45) is 5.32. The lowest BCUT2D eigenvalue weighted by atomic mass is 10.1. The maximum Gasteiger partial charge on any atom is 0.347 e. The molecule has 8 rings (SSSR count). The molecule has 0 saturated carbocycles. The minimum atomic E-state index is -0.991. The van der Waals surface area contributed by atoms with Crippen LogP contribution in [0.25, 0.3) is 6.08 Å². The predicted octanol–water partition coefficient (Wildman–Crippen LogP) is 19.2. The van der Waals surface area contributed by atoms with E-state index < -0.39 is 48.3 Å². The summed E-state index contributed by atoms with van der Waals surface area (Å²) in [5.41, 5.74) is 15.9. The van der Waals surface area contributed by atoms with Crippen molar-refractivity contribution < 1.29 is 107 Å². The number of nitrogens with two attached hydrogens (primary N) is 2. The largest absolute Gasteiger partial charge is 0.506 e. The number of hydrogen-bond acceptors (Lipinski definition) is 27. The van der Waals surface area contributed by atoms with Gasteiger partial charge >= 0.3 is 23.9 Å². The fourth-order valence-corrected chi connectivity index (χ4v) is 11.4. The summed E-state index contributed by atoms with van der Waals surface area (Å²) in [5.74, 6) is 0.927. The van der Waals surface area contributed by atoms with E-state index in [1.165, 1.54) is 32.1 Å². The van der Waals surface area contributed by atoms with Crippen molar-refractivity contribution >= 4 is 135 Å². The first kappa shape index (κ1) is 119. The number of para-hydroxylation sites is 8. The quantitative estimate of drug-likeness (QED) is 0.00782. The van der Waals surface area contributed by atoms with Crippen LogP contribution in [0, 0.1) is 34.0 Å². The zero-order chi connectivity index (χ0) is 97.3. The monoisotopic (exact) mass is 1940 g/mol. The molecule has 0 saturated heterocycles. The molecule has 0 fully saturated rings. The molecule has 0 radical (unpaired) electrons. The highest BCUT2D eigenvalue weighted by atomic mass is 35.5. The third kappa shape index (κ3) is 48.2. The van der Waals surface area contributed by atoms with E-state index in [2.05, 4.69) is 16.9 Å². The first-order valence-electron chi connectivity index (χ1n) is 40.4. The van der Waals surface area contributed by atoms with E-state index in [-0.39, 0.29) is 84.2 Å². The lowest BCUT2D eigenvalue weighted by Gasteiger charge is -2.17. The van der Waals surface area contributed by atoms with Crippen molar-refractivity contribution in [1.29, 1.82) is 15.8 Å². The van der Waals surface area contributed by atoms with Crippen molar-refractivity contribution in [3.8, 4) is 64.2 Å². The molecule has 0 aliphatic carbocycles. The molecule has 0 unspecified atom stereocenters. The molecule has 8 aromatic carbocycles. The number of aromatic hydroxyl groups is 2. The van der Waals surface area contributed by atoms with Crippen LogP contribution < -0.4 is 39.9 Å². The van der Waals surface area contributed by atoms with Crippen molar-refractivity contribution in [2.45, 2.75) is 170 Å². The summed E-state index contributed by atoms with van der Waals surface area (Å²) in [4.78, 5) is 65.7. The molecule has 10 N–H and O–H groups in total. The maximum atomic E-state index is 11.5. The van der Waals surface area contributed by atoms with E-state index in [0.717, 1.165) is 47.9 Å². The standard InChI is InChI=1S/C14H16ClNO3.C14H14ClNO3.2C12H18ClNO2.C12H14ClNO2.C12H13ClO4.C7H5ClO2.C6H5ClO.C5H10O3/c2*1-3-18-14(17)10(2)19-13-11(7-5-9-16)6-4-8-12(13)15;3*1-9(8-15)16-12-10(5-3-7-14)4-2-6-11(12)13;1-3-16-12(15)8(2)17-11-9(7-14)5-4-6-10(11)13;8-6-3-1-2-5(4-9)7(6)10;7-5-3-1-2-4-6(5)8;1-3-8-5(7)4(2)6/h4,6,8,10H,3,5,7H2,1-2H3;4-8,10H,3H2,1-2H3;2*2,4,6,9,15H,3,5,7-8,14H2,1H3;2,4,6,9,15H,3,5,8H2,1H3;4-8H,3H2,1-2H3;1-4,10H;1-4,8H;4,6H,3H2,1-2H3/b;7-5+;;;;;;;/t2*10-;3*9-;8-;;;4-/m111111..0/s1. The molecule has 35 heteroatoms. The third-order valence-corrected chi connectivity index (χ3v) is 18.5. The van der Waals surface area contributed by atoms with Gasteiger partial charge in [-0.1, -0.05) is 178 Å². The molecule has 0 spiro atoms. The number of aldehydes is 2. The Hall–Kier alpha value is -10.3. The van der Waals surface area contributed by atoms with E-state index in [4.69, 9.17) is 193 Å². The molecule has 8 aromatic rings. The van der Waals surface area contributed by atoms with Gasteiger partial charge in [-0.05, 0) is 223 Å². The maximum absolute atomic E-state index is 11.5. The number of phenols is 2. The molecular weight excluding hydrogens is 1830 g/mol. The fourth-order valence-electron chi connectivity index (χ4n) is 9.66. The molecule has 0 amide bonds. The van der Waals surface area contributed by atoms with Gasteiger partial charge in [0.25, 0.3) is 0 Å². The van der Waals surface area contributed by atoms with E-state index in [0.29, 0.717) is 135 Å². The Balaban J connectivity index is 0.00000145. The highest BCUT2D eigenvalue weighted by Crippen LogP contribution is 2.36. The summed E-state index contributed by atoms with van der Waals surface area (Å²) in [6, 6.07) is 49.3. The number of aryl methyl sites for hydroxylation is 4. The number of hydrogen-bond donors (Lipinski definition) is 8. The molecule has 129 heavy (non-hydrogen) atoms. The summed E-state index contributed by atoms with van der Waals surface area (Å²) in [7, 11) is 0. The second-order valence-electron chi connectivity index (χ2n) is 26.5. The number of esters is 4. The normalized spacial score (nSPS) is 11.6. The van der Waals surface area contributed by atoms with Crippen molar-refractivity contribution in [2.24, 2.45) is 11.5 Å². The summed E-state index contributed by atoms with van der Waals surface area (Å²) in [5, 5.41) is 82.2. The Kier molecular flexibility index (Phi) is 64.9. The second kappa shape index (κ2) is 70.6. The van der Waals surface area contributed by atoms with Gasteiger partial charge in [-0.25, -0.2) is 19.2 Å². The Morgan fingerprint density at radius 3 is 0.953 bits per heavy atom. The van der Waals surface area contributed by atoms with Crippen LogP contribution in [0.2, 0.25) is 40.2 Å². The van der Waals surface area contributed by atoms with Crippen LogP contribution in [0.3, 0.4) is 0 Å². The lowest BCUT2D eigenvalue weighted by Crippen LogP contribution is -2.26. The zero-order valence-electron chi connectivity index (χ0n) is 73.5. The van der Waals surface area contributed by atoms with E-state index in [1.54, 1.807) is 165 Å². The second-order valence-corrected chi connectivity index (χ2v) is 29.7. The number of halogens is 8. The lowest BCUT2D eigenvalue weighted by molar-refractivity contribution is -0.152. The highest BCUT2D eigenvalue weighted by Gasteiger charge is 2.23. The first-order valence-corrected chi connectivity index (χ1v) is 43.5. The number of benzene rings is 8. The number of phenolic OH excluding ortho intramolecular Hbond substituents is 2. The predicted molar refractivity (Wildman–Crippen MR) is 503 cm³/mol. The van der Waals surface area contributed by atoms with Crippen LogP contribution in [0.1, 0.15) is 150 Å². The van der Waals surface area contributed by atoms with Crippen LogP contribution >= 0.6 is 92.8 Å².